The Balaban J connectivity index is 1.69. The Morgan fingerprint density at radius 2 is 1.51 bits per heavy atom. The van der Waals surface area contributed by atoms with Gasteiger partial charge in [0.1, 0.15) is 5.56 Å². The van der Waals surface area contributed by atoms with E-state index in [9.17, 15) is 30.7 Å². The molecule has 3 nitrogen and oxygen atoms in total. The van der Waals surface area contributed by atoms with E-state index in [2.05, 4.69) is 4.74 Å². The van der Waals surface area contributed by atoms with E-state index in [0.717, 1.165) is 12.1 Å². The number of alkyl halides is 2. The van der Waals surface area contributed by atoms with Gasteiger partial charge in [-0.1, -0.05) is 25.5 Å². The molecule has 1 heterocycles. The second-order valence-corrected chi connectivity index (χ2v) is 7.84. The van der Waals surface area contributed by atoms with E-state index < -0.39 is 52.3 Å². The molecule has 0 aliphatic carbocycles. The zero-order valence-electron chi connectivity index (χ0n) is 18.6. The summed E-state index contributed by atoms with van der Waals surface area (Å²) in [5.41, 5.74) is -1.47. The lowest BCUT2D eigenvalue weighted by Crippen LogP contribution is -2.25. The van der Waals surface area contributed by atoms with Crippen LogP contribution in [0.25, 0.3) is 0 Å². The van der Waals surface area contributed by atoms with Crippen LogP contribution in [0.1, 0.15) is 42.5 Å². The standard InChI is InChI=1S/C25H19F7O3/c1-3-5-12-6-8-15(19(27)18(12)26)25(31,32)35-17-11-14-10-13-7-9-16(33-4-2)21(29)23(13)34-24(14)22(30)20(17)28/h6-9,11H,3-5,10H2,1-2H3. The molecule has 186 valence electrons. The Bertz CT molecular complexity index is 1290. The SMILES string of the molecule is CCCc1ccc(C(F)(F)Oc2cc3c(c(F)c2F)Oc2c(ccc(OCC)c2F)C3)c(F)c1F. The summed E-state index contributed by atoms with van der Waals surface area (Å²) in [5.74, 6) is -10.3. The van der Waals surface area contributed by atoms with Gasteiger partial charge < -0.3 is 14.2 Å². The second-order valence-electron chi connectivity index (χ2n) is 7.84. The number of halogens is 7. The van der Waals surface area contributed by atoms with Gasteiger partial charge in [-0.2, -0.15) is 22.0 Å². The van der Waals surface area contributed by atoms with Gasteiger partial charge in [-0.25, -0.2) is 8.78 Å². The molecule has 35 heavy (non-hydrogen) atoms. The molecular weight excluding hydrogens is 481 g/mol. The van der Waals surface area contributed by atoms with Gasteiger partial charge in [0.15, 0.2) is 34.6 Å². The van der Waals surface area contributed by atoms with E-state index in [1.807, 2.05) is 0 Å². The fourth-order valence-corrected chi connectivity index (χ4v) is 3.82. The van der Waals surface area contributed by atoms with Crippen molar-refractivity contribution in [3.05, 3.63) is 81.7 Å². The van der Waals surface area contributed by atoms with Gasteiger partial charge >= 0.3 is 6.11 Å². The topological polar surface area (TPSA) is 27.7 Å². The first-order valence-electron chi connectivity index (χ1n) is 10.8. The minimum absolute atomic E-state index is 0.105. The highest BCUT2D eigenvalue weighted by atomic mass is 19.3. The molecule has 1 aliphatic heterocycles. The van der Waals surface area contributed by atoms with Crippen LogP contribution in [-0.4, -0.2) is 6.61 Å². The van der Waals surface area contributed by atoms with Gasteiger partial charge in [-0.15, -0.1) is 0 Å². The molecule has 0 saturated carbocycles. The summed E-state index contributed by atoms with van der Waals surface area (Å²) < 4.78 is 117. The Hall–Kier alpha value is -3.43. The minimum atomic E-state index is -4.54. The highest BCUT2D eigenvalue weighted by molar-refractivity contribution is 5.55. The van der Waals surface area contributed by atoms with Crippen LogP contribution in [0.2, 0.25) is 0 Å². The molecule has 0 bridgehead atoms. The maximum absolute atomic E-state index is 14.8. The smallest absolute Gasteiger partial charge is 0.429 e. The van der Waals surface area contributed by atoms with Gasteiger partial charge in [0.2, 0.25) is 17.5 Å². The summed E-state index contributed by atoms with van der Waals surface area (Å²) >= 11 is 0. The first-order valence-corrected chi connectivity index (χ1v) is 10.8. The summed E-state index contributed by atoms with van der Waals surface area (Å²) in [6, 6.07) is 5.11. The van der Waals surface area contributed by atoms with E-state index in [0.29, 0.717) is 12.5 Å². The van der Waals surface area contributed by atoms with Crippen LogP contribution in [-0.2, 0) is 19.0 Å². The maximum Gasteiger partial charge on any atom is 0.429 e. The molecule has 0 amide bonds. The third-order valence-electron chi connectivity index (χ3n) is 5.47. The summed E-state index contributed by atoms with van der Waals surface area (Å²) in [4.78, 5) is 0. The zero-order chi connectivity index (χ0) is 25.5. The summed E-state index contributed by atoms with van der Waals surface area (Å²) in [6.45, 7) is 3.47. The van der Waals surface area contributed by atoms with Crippen molar-refractivity contribution in [2.45, 2.75) is 39.2 Å². The lowest BCUT2D eigenvalue weighted by Gasteiger charge is -2.25. The van der Waals surface area contributed by atoms with Crippen LogP contribution in [0.15, 0.2) is 30.3 Å². The van der Waals surface area contributed by atoms with Crippen molar-refractivity contribution in [3.8, 4) is 23.0 Å². The van der Waals surface area contributed by atoms with Crippen LogP contribution in [0.4, 0.5) is 30.7 Å². The van der Waals surface area contributed by atoms with E-state index in [1.165, 1.54) is 12.1 Å². The van der Waals surface area contributed by atoms with E-state index >= 15 is 0 Å². The molecule has 0 saturated heterocycles. The summed E-state index contributed by atoms with van der Waals surface area (Å²) in [5, 5.41) is 0. The number of fused-ring (bicyclic) bond motifs is 2. The monoisotopic (exact) mass is 500 g/mol. The highest BCUT2D eigenvalue weighted by Gasteiger charge is 2.41. The molecule has 3 aromatic rings. The quantitative estimate of drug-likeness (QED) is 0.245. The fourth-order valence-electron chi connectivity index (χ4n) is 3.82. The Labute approximate surface area is 196 Å². The van der Waals surface area contributed by atoms with Crippen molar-refractivity contribution >= 4 is 0 Å². The van der Waals surface area contributed by atoms with E-state index in [1.54, 1.807) is 13.8 Å². The third kappa shape index (κ3) is 4.37. The molecule has 0 radical (unpaired) electrons. The highest BCUT2D eigenvalue weighted by Crippen LogP contribution is 2.46. The van der Waals surface area contributed by atoms with Gasteiger partial charge in [0, 0.05) is 17.5 Å². The molecular formula is C25H19F7O3. The largest absolute Gasteiger partial charge is 0.491 e. The van der Waals surface area contributed by atoms with Crippen molar-refractivity contribution in [1.82, 2.24) is 0 Å². The second kappa shape index (κ2) is 9.31. The minimum Gasteiger partial charge on any atom is -0.491 e. The van der Waals surface area contributed by atoms with Gasteiger partial charge in [-0.05, 0) is 37.1 Å². The van der Waals surface area contributed by atoms with Crippen LogP contribution < -0.4 is 14.2 Å². The van der Waals surface area contributed by atoms with E-state index in [4.69, 9.17) is 9.47 Å². The molecule has 0 unspecified atom stereocenters. The molecule has 10 heteroatoms. The molecule has 3 aromatic carbocycles. The molecule has 1 aliphatic rings. The fraction of sp³-hybridized carbons (Fsp3) is 0.280. The van der Waals surface area contributed by atoms with Crippen LogP contribution in [0.5, 0.6) is 23.0 Å². The van der Waals surface area contributed by atoms with Gasteiger partial charge in [0.05, 0.1) is 6.61 Å². The number of rotatable bonds is 7. The zero-order valence-corrected chi connectivity index (χ0v) is 18.6. The molecule has 4 rings (SSSR count). The number of aryl methyl sites for hydroxylation is 1. The van der Waals surface area contributed by atoms with E-state index in [-0.39, 0.29) is 47.6 Å². The molecule has 0 fully saturated rings. The first kappa shape index (κ1) is 24.7. The number of benzene rings is 3. The van der Waals surface area contributed by atoms with Crippen LogP contribution in [0.3, 0.4) is 0 Å². The van der Waals surface area contributed by atoms with Crippen molar-refractivity contribution in [1.29, 1.82) is 0 Å². The van der Waals surface area contributed by atoms with Gasteiger partial charge in [-0.3, -0.25) is 0 Å². The number of ether oxygens (including phenoxy) is 3. The molecule has 0 N–H and O–H groups in total. The first-order chi connectivity index (χ1) is 16.6. The predicted octanol–water partition coefficient (Wildman–Crippen LogP) is 7.56. The van der Waals surface area contributed by atoms with Gasteiger partial charge in [0.25, 0.3) is 0 Å². The number of hydrogen-bond acceptors (Lipinski definition) is 3. The predicted molar refractivity (Wildman–Crippen MR) is 112 cm³/mol. The molecule has 0 aromatic heterocycles. The number of hydrogen-bond donors (Lipinski definition) is 0. The van der Waals surface area contributed by atoms with Crippen molar-refractivity contribution < 1.29 is 44.9 Å². The normalized spacial score (nSPS) is 12.6. The lowest BCUT2D eigenvalue weighted by molar-refractivity contribution is -0.189. The van der Waals surface area contributed by atoms with Crippen LogP contribution in [0, 0.1) is 29.1 Å². The van der Waals surface area contributed by atoms with Crippen molar-refractivity contribution in [2.75, 3.05) is 6.61 Å². The van der Waals surface area contributed by atoms with Crippen molar-refractivity contribution in [3.63, 3.8) is 0 Å². The summed E-state index contributed by atoms with van der Waals surface area (Å²) in [7, 11) is 0. The summed E-state index contributed by atoms with van der Waals surface area (Å²) in [6.07, 6.45) is -4.18. The Kier molecular flexibility index (Phi) is 6.57. The lowest BCUT2D eigenvalue weighted by atomic mass is 9.99. The maximum atomic E-state index is 14.8. The Morgan fingerprint density at radius 1 is 0.800 bits per heavy atom. The Morgan fingerprint density at radius 3 is 2.20 bits per heavy atom. The van der Waals surface area contributed by atoms with Crippen LogP contribution >= 0.6 is 0 Å². The average Bonchev–Trinajstić information content (AvgIpc) is 2.81. The average molecular weight is 500 g/mol. The molecule has 0 atom stereocenters. The third-order valence-corrected chi connectivity index (χ3v) is 5.47. The molecule has 0 spiro atoms. The van der Waals surface area contributed by atoms with Crippen molar-refractivity contribution in [2.24, 2.45) is 0 Å².